The summed E-state index contributed by atoms with van der Waals surface area (Å²) in [7, 11) is 0. The molecule has 3 nitrogen and oxygen atoms in total. The molecule has 1 rings (SSSR count). The van der Waals surface area contributed by atoms with Crippen LogP contribution in [0.3, 0.4) is 0 Å². The van der Waals surface area contributed by atoms with Gasteiger partial charge in [0.1, 0.15) is 5.82 Å². The highest BCUT2D eigenvalue weighted by Crippen LogP contribution is 2.11. The van der Waals surface area contributed by atoms with Crippen LogP contribution in [-0.4, -0.2) is 16.5 Å². The number of rotatable bonds is 4. The molecule has 1 heterocycles. The number of hydrogen-bond donors (Lipinski definition) is 2. The summed E-state index contributed by atoms with van der Waals surface area (Å²) in [5.74, 6) is 1.32. The molecule has 66 valence electrons. The van der Waals surface area contributed by atoms with Crippen molar-refractivity contribution in [3.8, 4) is 0 Å². The van der Waals surface area contributed by atoms with Crippen LogP contribution < -0.4 is 5.73 Å². The van der Waals surface area contributed by atoms with Crippen molar-refractivity contribution in [1.29, 1.82) is 0 Å². The topological polar surface area (TPSA) is 54.7 Å². The zero-order chi connectivity index (χ0) is 8.97. The molecule has 3 heteroatoms. The van der Waals surface area contributed by atoms with Crippen molar-refractivity contribution in [2.24, 2.45) is 11.7 Å². The second-order valence-electron chi connectivity index (χ2n) is 3.02. The summed E-state index contributed by atoms with van der Waals surface area (Å²) >= 11 is 0. The van der Waals surface area contributed by atoms with Gasteiger partial charge in [-0.3, -0.25) is 0 Å². The van der Waals surface area contributed by atoms with Gasteiger partial charge in [-0.1, -0.05) is 12.2 Å². The largest absolute Gasteiger partial charge is 0.349 e. The maximum Gasteiger partial charge on any atom is 0.106 e. The third kappa shape index (κ3) is 2.20. The summed E-state index contributed by atoms with van der Waals surface area (Å²) in [4.78, 5) is 7.18. The minimum Gasteiger partial charge on any atom is -0.349 e. The number of H-pyrrole nitrogens is 1. The minimum absolute atomic E-state index is 0.344. The van der Waals surface area contributed by atoms with Crippen LogP contribution in [0, 0.1) is 5.92 Å². The zero-order valence-corrected chi connectivity index (χ0v) is 7.38. The lowest BCUT2D eigenvalue weighted by Crippen LogP contribution is -2.18. The van der Waals surface area contributed by atoms with Crippen LogP contribution in [0.15, 0.2) is 24.5 Å². The Balaban J connectivity index is 2.54. The predicted molar refractivity (Wildman–Crippen MR) is 49.7 cm³/mol. The number of nitrogens with two attached hydrogens (primary N) is 1. The highest BCUT2D eigenvalue weighted by Gasteiger charge is 2.08. The van der Waals surface area contributed by atoms with Crippen molar-refractivity contribution in [1.82, 2.24) is 9.97 Å². The fraction of sp³-hybridized carbons (Fsp3) is 0.444. The van der Waals surface area contributed by atoms with Gasteiger partial charge in [-0.25, -0.2) is 4.98 Å². The lowest BCUT2D eigenvalue weighted by molar-refractivity contribution is 0.606. The second-order valence-corrected chi connectivity index (χ2v) is 3.02. The van der Waals surface area contributed by atoms with E-state index in [1.54, 1.807) is 6.20 Å². The lowest BCUT2D eigenvalue weighted by Gasteiger charge is -2.12. The predicted octanol–water partition coefficient (Wildman–Crippen LogP) is 1.10. The van der Waals surface area contributed by atoms with Crippen molar-refractivity contribution in [3.63, 3.8) is 0 Å². The molecule has 12 heavy (non-hydrogen) atoms. The van der Waals surface area contributed by atoms with E-state index in [1.807, 2.05) is 13.1 Å². The fourth-order valence-corrected chi connectivity index (χ4v) is 1.10. The molecule has 0 spiro atoms. The van der Waals surface area contributed by atoms with Crippen LogP contribution in [0.2, 0.25) is 0 Å². The molecular formula is C9H15N3. The Morgan fingerprint density at radius 1 is 1.83 bits per heavy atom. The molecule has 0 saturated heterocycles. The molecule has 0 bridgehead atoms. The summed E-state index contributed by atoms with van der Waals surface area (Å²) < 4.78 is 0. The number of imidazole rings is 1. The minimum atomic E-state index is 0.344. The number of aromatic amines is 1. The van der Waals surface area contributed by atoms with E-state index in [0.29, 0.717) is 12.5 Å². The van der Waals surface area contributed by atoms with Crippen molar-refractivity contribution in [3.05, 3.63) is 30.4 Å². The Morgan fingerprint density at radius 3 is 3.00 bits per heavy atom. The van der Waals surface area contributed by atoms with E-state index in [0.717, 1.165) is 17.8 Å². The van der Waals surface area contributed by atoms with E-state index in [2.05, 4.69) is 16.5 Å². The van der Waals surface area contributed by atoms with Crippen molar-refractivity contribution >= 4 is 0 Å². The van der Waals surface area contributed by atoms with Crippen molar-refractivity contribution in [2.75, 3.05) is 6.54 Å². The molecule has 0 radical (unpaired) electrons. The van der Waals surface area contributed by atoms with Gasteiger partial charge in [0, 0.05) is 18.8 Å². The average Bonchev–Trinajstić information content (AvgIpc) is 2.51. The summed E-state index contributed by atoms with van der Waals surface area (Å²) in [6.07, 6.45) is 4.43. The zero-order valence-electron chi connectivity index (χ0n) is 7.38. The Kier molecular flexibility index (Phi) is 3.05. The van der Waals surface area contributed by atoms with Crippen LogP contribution in [0.4, 0.5) is 0 Å². The summed E-state index contributed by atoms with van der Waals surface area (Å²) in [6, 6.07) is 0. The number of aromatic nitrogens is 2. The van der Waals surface area contributed by atoms with Gasteiger partial charge < -0.3 is 10.7 Å². The fourth-order valence-electron chi connectivity index (χ4n) is 1.10. The summed E-state index contributed by atoms with van der Waals surface area (Å²) in [6.45, 7) is 6.52. The monoisotopic (exact) mass is 165 g/mol. The molecule has 1 aromatic rings. The number of hydrogen-bond acceptors (Lipinski definition) is 2. The molecule has 0 fully saturated rings. The highest BCUT2D eigenvalue weighted by molar-refractivity contribution is 5.02. The average molecular weight is 165 g/mol. The summed E-state index contributed by atoms with van der Waals surface area (Å²) in [5.41, 5.74) is 6.71. The first-order valence-corrected chi connectivity index (χ1v) is 4.07. The maximum atomic E-state index is 5.59. The van der Waals surface area contributed by atoms with Gasteiger partial charge in [0.25, 0.3) is 0 Å². The van der Waals surface area contributed by atoms with Gasteiger partial charge in [0.15, 0.2) is 0 Å². The third-order valence-electron chi connectivity index (χ3n) is 1.98. The molecule has 0 amide bonds. The maximum absolute atomic E-state index is 5.59. The molecule has 0 aliphatic heterocycles. The van der Waals surface area contributed by atoms with Crippen LogP contribution in [-0.2, 0) is 6.42 Å². The van der Waals surface area contributed by atoms with Crippen LogP contribution in [0.25, 0.3) is 0 Å². The van der Waals surface area contributed by atoms with E-state index in [9.17, 15) is 0 Å². The lowest BCUT2D eigenvalue weighted by atomic mass is 9.98. The van der Waals surface area contributed by atoms with E-state index in [-0.39, 0.29) is 0 Å². The standard InChI is InChI=1S/C9H15N3/c1-7(2)8(6-10)5-9-11-3-4-12-9/h3-4,8H,1,5-6,10H2,2H3,(H,11,12). The molecule has 0 aromatic carbocycles. The first kappa shape index (κ1) is 9.00. The van der Waals surface area contributed by atoms with Gasteiger partial charge in [0.05, 0.1) is 0 Å². The molecule has 1 aromatic heterocycles. The van der Waals surface area contributed by atoms with Crippen LogP contribution in [0.5, 0.6) is 0 Å². The normalized spacial score (nSPS) is 12.8. The molecule has 1 unspecified atom stereocenters. The van der Waals surface area contributed by atoms with Gasteiger partial charge in [-0.15, -0.1) is 0 Å². The SMILES string of the molecule is C=C(C)C(CN)Cc1ncc[nH]1. The smallest absolute Gasteiger partial charge is 0.106 e. The Hall–Kier alpha value is -1.09. The van der Waals surface area contributed by atoms with E-state index in [4.69, 9.17) is 5.73 Å². The first-order chi connectivity index (χ1) is 5.74. The molecular weight excluding hydrogens is 150 g/mol. The third-order valence-corrected chi connectivity index (χ3v) is 1.98. The van der Waals surface area contributed by atoms with Gasteiger partial charge in [-0.05, 0) is 19.4 Å². The van der Waals surface area contributed by atoms with Crippen molar-refractivity contribution < 1.29 is 0 Å². The number of nitrogens with zero attached hydrogens (tertiary/aromatic N) is 1. The Labute approximate surface area is 72.7 Å². The Bertz CT molecular complexity index is 238. The molecule has 3 N–H and O–H groups in total. The van der Waals surface area contributed by atoms with Crippen LogP contribution in [0.1, 0.15) is 12.7 Å². The van der Waals surface area contributed by atoms with E-state index >= 15 is 0 Å². The van der Waals surface area contributed by atoms with Gasteiger partial charge >= 0.3 is 0 Å². The first-order valence-electron chi connectivity index (χ1n) is 4.07. The molecule has 0 aliphatic carbocycles. The summed E-state index contributed by atoms with van der Waals surface area (Å²) in [5, 5.41) is 0. The molecule has 0 saturated carbocycles. The van der Waals surface area contributed by atoms with Crippen LogP contribution >= 0.6 is 0 Å². The molecule has 1 atom stereocenters. The van der Waals surface area contributed by atoms with Gasteiger partial charge in [0.2, 0.25) is 0 Å². The Morgan fingerprint density at radius 2 is 2.58 bits per heavy atom. The van der Waals surface area contributed by atoms with E-state index < -0.39 is 0 Å². The van der Waals surface area contributed by atoms with E-state index in [1.165, 1.54) is 0 Å². The van der Waals surface area contributed by atoms with Gasteiger partial charge in [-0.2, -0.15) is 0 Å². The second kappa shape index (κ2) is 4.07. The van der Waals surface area contributed by atoms with Crippen molar-refractivity contribution in [2.45, 2.75) is 13.3 Å². The molecule has 0 aliphatic rings. The number of nitrogens with one attached hydrogen (secondary N) is 1. The quantitative estimate of drug-likeness (QED) is 0.656. The highest BCUT2D eigenvalue weighted by atomic mass is 14.9.